The predicted molar refractivity (Wildman–Crippen MR) is 148 cm³/mol. The van der Waals surface area contributed by atoms with E-state index in [1.54, 1.807) is 46.2 Å². The number of carboxylic acid groups (broad SMARTS) is 1. The number of hydrogen-bond acceptors (Lipinski definition) is 5. The van der Waals surface area contributed by atoms with Crippen LogP contribution in [0.15, 0.2) is 30.3 Å². The molecule has 0 spiro atoms. The number of nitrogens with zero attached hydrogens (tertiary/aromatic N) is 4. The van der Waals surface area contributed by atoms with Crippen molar-refractivity contribution >= 4 is 45.6 Å². The smallest absolute Gasteiger partial charge is 0.421 e. The van der Waals surface area contributed by atoms with Gasteiger partial charge < -0.3 is 19.0 Å². The minimum Gasteiger partial charge on any atom is -0.478 e. The molecule has 6 rings (SSSR count). The number of aryl methyl sites for hydroxylation is 1. The zero-order chi connectivity index (χ0) is 28.9. The largest absolute Gasteiger partial charge is 0.478 e. The number of halogens is 1. The van der Waals surface area contributed by atoms with Crippen LogP contribution in [0, 0.1) is 11.7 Å². The van der Waals surface area contributed by atoms with Crippen LogP contribution in [0.3, 0.4) is 0 Å². The van der Waals surface area contributed by atoms with Crippen molar-refractivity contribution in [1.29, 1.82) is 0 Å². The van der Waals surface area contributed by atoms with E-state index in [-0.39, 0.29) is 22.5 Å². The summed E-state index contributed by atoms with van der Waals surface area (Å²) in [6, 6.07) is 8.09. The molecule has 3 heterocycles. The normalized spacial score (nSPS) is 16.7. The first-order valence-corrected chi connectivity index (χ1v) is 13.3. The van der Waals surface area contributed by atoms with Crippen molar-refractivity contribution in [3.63, 3.8) is 0 Å². The molecule has 9 nitrogen and oxygen atoms in total. The number of anilines is 1. The topological polar surface area (TPSA) is 107 Å². The van der Waals surface area contributed by atoms with Crippen molar-refractivity contribution in [1.82, 2.24) is 14.1 Å². The molecule has 4 aromatic rings. The van der Waals surface area contributed by atoms with Crippen LogP contribution in [-0.4, -0.2) is 42.8 Å². The number of hydrogen-bond donors (Lipinski definition) is 1. The van der Waals surface area contributed by atoms with Crippen molar-refractivity contribution in [3.05, 3.63) is 47.3 Å². The molecule has 2 aromatic carbocycles. The molecule has 1 N–H and O–H groups in total. The zero-order valence-electron chi connectivity index (χ0n) is 23.3. The van der Waals surface area contributed by atoms with Crippen LogP contribution in [0.1, 0.15) is 63.4 Å². The number of ether oxygens (including phenoxy) is 1. The fourth-order valence-electron chi connectivity index (χ4n) is 5.63. The molecule has 0 atom stereocenters. The van der Waals surface area contributed by atoms with Crippen molar-refractivity contribution in [2.24, 2.45) is 13.0 Å². The van der Waals surface area contributed by atoms with Gasteiger partial charge in [-0.05, 0) is 77.1 Å². The lowest BCUT2D eigenvalue weighted by Gasteiger charge is -2.25. The Bertz CT molecular complexity index is 1770. The quantitative estimate of drug-likeness (QED) is 0.336. The van der Waals surface area contributed by atoms with Crippen molar-refractivity contribution in [2.75, 3.05) is 4.90 Å². The van der Waals surface area contributed by atoms with Gasteiger partial charge in [0.15, 0.2) is 5.82 Å². The Hall–Kier alpha value is -4.21. The molecule has 1 aliphatic carbocycles. The molecule has 2 aliphatic rings. The lowest BCUT2D eigenvalue weighted by Crippen LogP contribution is -2.43. The summed E-state index contributed by atoms with van der Waals surface area (Å²) in [5.41, 5.74) is 1.10. The highest BCUT2D eigenvalue weighted by atomic mass is 19.1. The van der Waals surface area contributed by atoms with E-state index in [9.17, 15) is 19.5 Å². The standard InChI is InChI=1S/C30H31FN4O5/c1-29(2,3)40-28(39)35-23-18(30(4,5)27(35)38)10-9-16-13-21(34(22(16)23)14-15-7-8-15)25-32-20-12-17(26(36)37)11-19(31)24(20)33(25)6/h9-13,15H,7-8,14H2,1-6H3,(H,36,37). The Morgan fingerprint density at radius 2 is 1.85 bits per heavy atom. The maximum Gasteiger partial charge on any atom is 0.421 e. The molecule has 1 fully saturated rings. The highest BCUT2D eigenvalue weighted by Gasteiger charge is 2.49. The number of aromatic carboxylic acids is 1. The third-order valence-corrected chi connectivity index (χ3v) is 7.78. The van der Waals surface area contributed by atoms with Gasteiger partial charge in [0.1, 0.15) is 16.9 Å². The predicted octanol–water partition coefficient (Wildman–Crippen LogP) is 6.00. The molecule has 1 aliphatic heterocycles. The maximum absolute atomic E-state index is 15.1. The highest BCUT2D eigenvalue weighted by Crippen LogP contribution is 2.48. The van der Waals surface area contributed by atoms with Crippen molar-refractivity contribution < 1.29 is 28.6 Å². The fourth-order valence-corrected chi connectivity index (χ4v) is 5.63. The third kappa shape index (κ3) is 3.88. The van der Waals surface area contributed by atoms with Crippen LogP contribution < -0.4 is 4.90 Å². The number of carbonyl (C=O) groups excluding carboxylic acids is 2. The van der Waals surface area contributed by atoms with Crippen LogP contribution in [-0.2, 0) is 28.5 Å². The zero-order valence-corrected chi connectivity index (χ0v) is 23.3. The summed E-state index contributed by atoms with van der Waals surface area (Å²) >= 11 is 0. The van der Waals surface area contributed by atoms with Gasteiger partial charge in [-0.3, -0.25) is 4.79 Å². The fraction of sp³-hybridized carbons (Fsp3) is 0.400. The number of imidazole rings is 1. The van der Waals surface area contributed by atoms with E-state index in [1.807, 2.05) is 18.2 Å². The second-order valence-electron chi connectivity index (χ2n) is 12.4. The Balaban J connectivity index is 1.63. The Morgan fingerprint density at radius 1 is 1.15 bits per heavy atom. The van der Waals surface area contributed by atoms with E-state index in [0.717, 1.165) is 34.8 Å². The lowest BCUT2D eigenvalue weighted by molar-refractivity contribution is -0.121. The summed E-state index contributed by atoms with van der Waals surface area (Å²) in [6.45, 7) is 9.49. The third-order valence-electron chi connectivity index (χ3n) is 7.78. The first-order valence-electron chi connectivity index (χ1n) is 13.3. The second kappa shape index (κ2) is 8.39. The van der Waals surface area contributed by atoms with E-state index in [1.165, 1.54) is 6.07 Å². The van der Waals surface area contributed by atoms with Gasteiger partial charge in [0.2, 0.25) is 5.91 Å². The molecule has 0 saturated heterocycles. The van der Waals surface area contributed by atoms with Gasteiger partial charge in [0, 0.05) is 19.0 Å². The summed E-state index contributed by atoms with van der Waals surface area (Å²) in [7, 11) is 1.69. The Morgan fingerprint density at radius 3 is 2.48 bits per heavy atom. The number of amides is 2. The van der Waals surface area contributed by atoms with Gasteiger partial charge in [-0.25, -0.2) is 23.9 Å². The van der Waals surface area contributed by atoms with E-state index in [0.29, 0.717) is 35.2 Å². The number of aromatic nitrogens is 3. The van der Waals surface area contributed by atoms with Gasteiger partial charge in [-0.1, -0.05) is 12.1 Å². The molecular weight excluding hydrogens is 515 g/mol. The van der Waals surface area contributed by atoms with Crippen molar-refractivity contribution in [3.8, 4) is 11.5 Å². The summed E-state index contributed by atoms with van der Waals surface area (Å²) in [5, 5.41) is 10.2. The number of rotatable bonds is 4. The Labute approximate surface area is 230 Å². The first kappa shape index (κ1) is 26.0. The van der Waals surface area contributed by atoms with Gasteiger partial charge in [0.25, 0.3) is 0 Å². The minimum absolute atomic E-state index is 0.181. The Kier molecular flexibility index (Phi) is 5.46. The average molecular weight is 547 g/mol. The monoisotopic (exact) mass is 546 g/mol. The molecule has 10 heteroatoms. The molecule has 1 saturated carbocycles. The SMILES string of the molecule is Cn1c(-c2cc3ccc4c(c3n2CC2CC2)N(C(=O)OC(C)(C)C)C(=O)C4(C)C)nc2cc(C(=O)O)cc(F)c21. The van der Waals surface area contributed by atoms with Crippen LogP contribution in [0.2, 0.25) is 0 Å². The van der Waals surface area contributed by atoms with Crippen LogP contribution >= 0.6 is 0 Å². The van der Waals surface area contributed by atoms with Crippen LogP contribution in [0.4, 0.5) is 14.9 Å². The average Bonchev–Trinajstić information content (AvgIpc) is 3.45. The number of carboxylic acids is 1. The highest BCUT2D eigenvalue weighted by molar-refractivity contribution is 6.25. The molecular formula is C30H31FN4O5. The molecule has 0 radical (unpaired) electrons. The molecule has 0 unspecified atom stereocenters. The van der Waals surface area contributed by atoms with Gasteiger partial charge >= 0.3 is 12.1 Å². The molecule has 2 aromatic heterocycles. The number of imide groups is 1. The van der Waals surface area contributed by atoms with E-state index in [4.69, 9.17) is 4.74 Å². The number of benzene rings is 2. The van der Waals surface area contributed by atoms with Crippen molar-refractivity contribution in [2.45, 2.75) is 65.0 Å². The van der Waals surface area contributed by atoms with Crippen LogP contribution in [0.5, 0.6) is 0 Å². The van der Waals surface area contributed by atoms with Gasteiger partial charge in [-0.2, -0.15) is 0 Å². The molecule has 40 heavy (non-hydrogen) atoms. The summed E-state index contributed by atoms with van der Waals surface area (Å²) in [4.78, 5) is 44.5. The summed E-state index contributed by atoms with van der Waals surface area (Å²) in [6.07, 6.45) is 1.37. The molecule has 0 bridgehead atoms. The van der Waals surface area contributed by atoms with E-state index >= 15 is 4.39 Å². The minimum atomic E-state index is -1.24. The maximum atomic E-state index is 15.1. The number of fused-ring (bicyclic) bond motifs is 4. The molecule has 208 valence electrons. The van der Waals surface area contributed by atoms with E-state index < -0.39 is 28.9 Å². The van der Waals surface area contributed by atoms with E-state index in [2.05, 4.69) is 9.55 Å². The van der Waals surface area contributed by atoms with Gasteiger partial charge in [0.05, 0.1) is 33.4 Å². The van der Waals surface area contributed by atoms with Crippen LogP contribution in [0.25, 0.3) is 33.5 Å². The molecule has 2 amide bonds. The summed E-state index contributed by atoms with van der Waals surface area (Å²) < 4.78 is 24.4. The van der Waals surface area contributed by atoms with Gasteiger partial charge in [-0.15, -0.1) is 0 Å². The first-order chi connectivity index (χ1) is 18.7. The lowest BCUT2D eigenvalue weighted by atomic mass is 9.86. The number of carbonyl (C=O) groups is 3. The summed E-state index contributed by atoms with van der Waals surface area (Å²) in [5.74, 6) is -1.41. The second-order valence-corrected chi connectivity index (χ2v) is 12.4.